The third-order valence-electron chi connectivity index (χ3n) is 3.93. The van der Waals surface area contributed by atoms with Crippen LogP contribution in [0.1, 0.15) is 21.5 Å². The summed E-state index contributed by atoms with van der Waals surface area (Å²) < 4.78 is 5.64. The van der Waals surface area contributed by atoms with E-state index in [0.29, 0.717) is 11.3 Å². The van der Waals surface area contributed by atoms with Crippen LogP contribution in [0.25, 0.3) is 0 Å². The van der Waals surface area contributed by atoms with E-state index in [4.69, 9.17) is 4.74 Å². The van der Waals surface area contributed by atoms with Gasteiger partial charge in [-0.15, -0.1) is 0 Å². The topological polar surface area (TPSA) is 81.5 Å². The van der Waals surface area contributed by atoms with Crippen molar-refractivity contribution in [1.82, 2.24) is 0 Å². The average Bonchev–Trinajstić information content (AvgIpc) is 2.67. The second-order valence-corrected chi connectivity index (χ2v) is 6.04. The summed E-state index contributed by atoms with van der Waals surface area (Å²) in [6.45, 7) is 1.96. The summed E-state index contributed by atoms with van der Waals surface area (Å²) >= 11 is 0. The minimum absolute atomic E-state index is 0.0847. The number of hydrogen-bond donors (Lipinski definition) is 1. The normalized spacial score (nSPS) is 10.3. The van der Waals surface area contributed by atoms with Gasteiger partial charge in [0, 0.05) is 17.3 Å². The molecule has 0 bridgehead atoms. The maximum absolute atomic E-state index is 12.4. The van der Waals surface area contributed by atoms with E-state index in [2.05, 4.69) is 5.32 Å². The lowest BCUT2D eigenvalue weighted by Crippen LogP contribution is -2.12. The molecule has 0 heterocycles. The molecule has 0 radical (unpaired) electrons. The molecule has 0 unspecified atom stereocenters. The van der Waals surface area contributed by atoms with Gasteiger partial charge in [-0.3, -0.25) is 14.9 Å². The van der Waals surface area contributed by atoms with E-state index in [1.165, 1.54) is 6.07 Å². The van der Waals surface area contributed by atoms with Gasteiger partial charge in [0.1, 0.15) is 6.61 Å². The lowest BCUT2D eigenvalue weighted by molar-refractivity contribution is -0.386. The van der Waals surface area contributed by atoms with Crippen molar-refractivity contribution in [2.45, 2.75) is 13.5 Å². The zero-order valence-electron chi connectivity index (χ0n) is 14.7. The Labute approximate surface area is 156 Å². The number of rotatable bonds is 6. The van der Waals surface area contributed by atoms with Crippen LogP contribution in [0.3, 0.4) is 0 Å². The fourth-order valence-electron chi connectivity index (χ4n) is 2.58. The van der Waals surface area contributed by atoms with E-state index in [1.54, 1.807) is 36.4 Å². The zero-order valence-corrected chi connectivity index (χ0v) is 14.7. The largest absolute Gasteiger partial charge is 0.482 e. The summed E-state index contributed by atoms with van der Waals surface area (Å²) in [5.41, 5.74) is 2.72. The SMILES string of the molecule is Cc1ccc([N+](=O)[O-])c(OCc2cccc(C(=O)Nc3ccccc3)c2)c1. The molecule has 0 aliphatic carbocycles. The number of carbonyl (C=O) groups excluding carboxylic acids is 1. The van der Waals surface area contributed by atoms with Crippen LogP contribution in [-0.2, 0) is 6.61 Å². The van der Waals surface area contributed by atoms with Gasteiger partial charge < -0.3 is 10.1 Å². The van der Waals surface area contributed by atoms with E-state index < -0.39 is 4.92 Å². The molecule has 0 aliphatic rings. The van der Waals surface area contributed by atoms with Crippen molar-refractivity contribution in [2.24, 2.45) is 0 Å². The van der Waals surface area contributed by atoms with Crippen molar-refractivity contribution in [3.05, 3.63) is 99.6 Å². The van der Waals surface area contributed by atoms with Crippen LogP contribution >= 0.6 is 0 Å². The Kier molecular flexibility index (Phi) is 5.47. The van der Waals surface area contributed by atoms with Crippen molar-refractivity contribution in [3.8, 4) is 5.75 Å². The number of amides is 1. The van der Waals surface area contributed by atoms with Crippen LogP contribution in [0, 0.1) is 17.0 Å². The Morgan fingerprint density at radius 1 is 1.04 bits per heavy atom. The molecule has 136 valence electrons. The second-order valence-electron chi connectivity index (χ2n) is 6.04. The highest BCUT2D eigenvalue weighted by Crippen LogP contribution is 2.28. The van der Waals surface area contributed by atoms with E-state index in [9.17, 15) is 14.9 Å². The highest BCUT2D eigenvalue weighted by Gasteiger charge is 2.15. The van der Waals surface area contributed by atoms with Crippen molar-refractivity contribution in [3.63, 3.8) is 0 Å². The maximum Gasteiger partial charge on any atom is 0.310 e. The van der Waals surface area contributed by atoms with Gasteiger partial charge in [0.05, 0.1) is 4.92 Å². The van der Waals surface area contributed by atoms with Crippen LogP contribution in [0.2, 0.25) is 0 Å². The highest BCUT2D eigenvalue weighted by atomic mass is 16.6. The molecule has 1 N–H and O–H groups in total. The first-order valence-electron chi connectivity index (χ1n) is 8.36. The smallest absolute Gasteiger partial charge is 0.310 e. The van der Waals surface area contributed by atoms with E-state index in [1.807, 2.05) is 37.3 Å². The lowest BCUT2D eigenvalue weighted by atomic mass is 10.1. The monoisotopic (exact) mass is 362 g/mol. The Bertz CT molecular complexity index is 971. The molecule has 0 saturated carbocycles. The number of nitrogens with one attached hydrogen (secondary N) is 1. The van der Waals surface area contributed by atoms with Crippen LogP contribution in [0.15, 0.2) is 72.8 Å². The first-order chi connectivity index (χ1) is 13.0. The molecule has 27 heavy (non-hydrogen) atoms. The maximum atomic E-state index is 12.4. The van der Waals surface area contributed by atoms with Gasteiger partial charge >= 0.3 is 5.69 Å². The standard InChI is InChI=1S/C21H18N2O4/c1-15-10-11-19(23(25)26)20(12-15)27-14-16-6-5-7-17(13-16)21(24)22-18-8-3-2-4-9-18/h2-13H,14H2,1H3,(H,22,24). The summed E-state index contributed by atoms with van der Waals surface area (Å²) in [6, 6.07) is 20.9. The summed E-state index contributed by atoms with van der Waals surface area (Å²) in [4.78, 5) is 23.0. The predicted octanol–water partition coefficient (Wildman–Crippen LogP) is 4.73. The molecule has 0 fully saturated rings. The van der Waals surface area contributed by atoms with Gasteiger partial charge in [-0.25, -0.2) is 0 Å². The van der Waals surface area contributed by atoms with E-state index in [-0.39, 0.29) is 24.0 Å². The number of hydrogen-bond acceptors (Lipinski definition) is 4. The van der Waals surface area contributed by atoms with Gasteiger partial charge in [0.2, 0.25) is 0 Å². The molecule has 0 aromatic heterocycles. The Balaban J connectivity index is 1.72. The number of nitro benzene ring substituents is 1. The summed E-state index contributed by atoms with van der Waals surface area (Å²) in [7, 11) is 0. The Morgan fingerprint density at radius 3 is 2.56 bits per heavy atom. The molecule has 3 aromatic rings. The second kappa shape index (κ2) is 8.14. The molecule has 0 saturated heterocycles. The van der Waals surface area contributed by atoms with E-state index in [0.717, 1.165) is 11.1 Å². The van der Waals surface area contributed by atoms with Crippen LogP contribution in [0.4, 0.5) is 11.4 Å². The third kappa shape index (κ3) is 4.70. The Hall–Kier alpha value is -3.67. The van der Waals surface area contributed by atoms with Gasteiger partial charge in [-0.2, -0.15) is 0 Å². The number of anilines is 1. The summed E-state index contributed by atoms with van der Waals surface area (Å²) in [6.07, 6.45) is 0. The first kappa shape index (κ1) is 18.1. The molecule has 6 heteroatoms. The van der Waals surface area contributed by atoms with Gasteiger partial charge in [0.25, 0.3) is 5.91 Å². The number of benzene rings is 3. The van der Waals surface area contributed by atoms with Crippen LogP contribution < -0.4 is 10.1 Å². The van der Waals surface area contributed by atoms with Crippen LogP contribution in [-0.4, -0.2) is 10.8 Å². The molecule has 0 aliphatic heterocycles. The number of carbonyl (C=O) groups is 1. The first-order valence-corrected chi connectivity index (χ1v) is 8.36. The summed E-state index contributed by atoms with van der Waals surface area (Å²) in [5.74, 6) is -0.0243. The summed E-state index contributed by atoms with van der Waals surface area (Å²) in [5, 5.41) is 14.0. The lowest BCUT2D eigenvalue weighted by Gasteiger charge is -2.09. The fraction of sp³-hybridized carbons (Fsp3) is 0.0952. The molecule has 0 atom stereocenters. The van der Waals surface area contributed by atoms with Gasteiger partial charge in [0.15, 0.2) is 5.75 Å². The number of para-hydroxylation sites is 1. The van der Waals surface area contributed by atoms with Crippen molar-refractivity contribution >= 4 is 17.3 Å². The third-order valence-corrected chi connectivity index (χ3v) is 3.93. The molecule has 6 nitrogen and oxygen atoms in total. The number of aryl methyl sites for hydroxylation is 1. The quantitative estimate of drug-likeness (QED) is 0.507. The molecular formula is C21H18N2O4. The number of nitrogens with zero attached hydrogens (tertiary/aromatic N) is 1. The molecule has 3 rings (SSSR count). The fourth-order valence-corrected chi connectivity index (χ4v) is 2.58. The van der Waals surface area contributed by atoms with Gasteiger partial charge in [-0.1, -0.05) is 36.4 Å². The van der Waals surface area contributed by atoms with Crippen molar-refractivity contribution in [2.75, 3.05) is 5.32 Å². The average molecular weight is 362 g/mol. The van der Waals surface area contributed by atoms with Crippen molar-refractivity contribution in [1.29, 1.82) is 0 Å². The van der Waals surface area contributed by atoms with Gasteiger partial charge in [-0.05, 0) is 48.4 Å². The molecule has 1 amide bonds. The Morgan fingerprint density at radius 2 is 1.81 bits per heavy atom. The molecule has 0 spiro atoms. The van der Waals surface area contributed by atoms with Crippen molar-refractivity contribution < 1.29 is 14.5 Å². The highest BCUT2D eigenvalue weighted by molar-refractivity contribution is 6.04. The minimum Gasteiger partial charge on any atom is -0.482 e. The molecule has 3 aromatic carbocycles. The number of nitro groups is 1. The molecular weight excluding hydrogens is 344 g/mol. The zero-order chi connectivity index (χ0) is 19.2. The van der Waals surface area contributed by atoms with E-state index >= 15 is 0 Å². The minimum atomic E-state index is -0.474. The predicted molar refractivity (Wildman–Crippen MR) is 103 cm³/mol. The van der Waals surface area contributed by atoms with Crippen LogP contribution in [0.5, 0.6) is 5.75 Å². The number of ether oxygens (including phenoxy) is 1.